The lowest BCUT2D eigenvalue weighted by molar-refractivity contribution is -0.0201. The van der Waals surface area contributed by atoms with Gasteiger partial charge in [0, 0.05) is 37.9 Å². The summed E-state index contributed by atoms with van der Waals surface area (Å²) in [7, 11) is 1.74. The average molecular weight is 379 g/mol. The molecule has 3 aliphatic heterocycles. The van der Waals surface area contributed by atoms with E-state index in [1.54, 1.807) is 7.11 Å². The first kappa shape index (κ1) is 17.9. The minimum absolute atomic E-state index is 0.558. The molecule has 0 amide bonds. The number of methoxy groups -OCH3 is 1. The first-order valence-electron chi connectivity index (χ1n) is 10.7. The summed E-state index contributed by atoms with van der Waals surface area (Å²) >= 11 is 0. The Morgan fingerprint density at radius 2 is 1.89 bits per heavy atom. The Bertz CT molecular complexity index is 824. The third-order valence-electron chi connectivity index (χ3n) is 6.97. The van der Waals surface area contributed by atoms with E-state index >= 15 is 0 Å². The number of ether oxygens (including phenoxy) is 1. The van der Waals surface area contributed by atoms with Crippen molar-refractivity contribution in [3.8, 4) is 5.75 Å². The fourth-order valence-corrected chi connectivity index (χ4v) is 5.80. The molecule has 0 saturated carbocycles. The monoisotopic (exact) mass is 378 g/mol. The molecule has 148 valence electrons. The van der Waals surface area contributed by atoms with Crippen LogP contribution in [0.2, 0.25) is 0 Å². The van der Waals surface area contributed by atoms with Gasteiger partial charge in [-0.15, -0.1) is 0 Å². The molecular weight excluding hydrogens is 348 g/mol. The molecule has 2 aromatic rings. The van der Waals surface area contributed by atoms with Gasteiger partial charge in [0.05, 0.1) is 7.11 Å². The van der Waals surface area contributed by atoms with Crippen molar-refractivity contribution >= 4 is 5.82 Å². The second-order valence-electron chi connectivity index (χ2n) is 8.71. The SMILES string of the molecule is COc1ccc([C@H]2CCC[C@H]3[C@@H]4C[C@@H](CN(c5ccnc(C)n5)C4)CN23)cc1. The van der Waals surface area contributed by atoms with Gasteiger partial charge in [-0.05, 0) is 68.2 Å². The average Bonchev–Trinajstić information content (AvgIpc) is 2.73. The highest BCUT2D eigenvalue weighted by Gasteiger charge is 2.45. The van der Waals surface area contributed by atoms with Crippen molar-refractivity contribution in [2.75, 3.05) is 31.6 Å². The van der Waals surface area contributed by atoms with E-state index in [4.69, 9.17) is 9.72 Å². The number of anilines is 1. The maximum Gasteiger partial charge on any atom is 0.132 e. The summed E-state index contributed by atoms with van der Waals surface area (Å²) in [6, 6.07) is 12.1. The van der Waals surface area contributed by atoms with Crippen molar-refractivity contribution in [1.82, 2.24) is 14.9 Å². The van der Waals surface area contributed by atoms with Crippen molar-refractivity contribution in [1.29, 1.82) is 0 Å². The summed E-state index contributed by atoms with van der Waals surface area (Å²) in [5, 5.41) is 0. The second-order valence-corrected chi connectivity index (χ2v) is 8.71. The van der Waals surface area contributed by atoms with E-state index in [1.807, 2.05) is 13.1 Å². The van der Waals surface area contributed by atoms with Crippen LogP contribution in [0.3, 0.4) is 0 Å². The Labute approximate surface area is 167 Å². The van der Waals surface area contributed by atoms with Crippen molar-refractivity contribution < 1.29 is 4.74 Å². The number of fused-ring (bicyclic) bond motifs is 4. The first-order valence-corrected chi connectivity index (χ1v) is 10.7. The number of aromatic nitrogens is 2. The number of rotatable bonds is 3. The zero-order valence-corrected chi connectivity index (χ0v) is 16.9. The Morgan fingerprint density at radius 1 is 1.04 bits per heavy atom. The van der Waals surface area contributed by atoms with Crippen molar-refractivity contribution in [3.05, 3.63) is 47.9 Å². The minimum atomic E-state index is 0.558. The molecule has 5 rings (SSSR count). The van der Waals surface area contributed by atoms with Crippen LogP contribution in [0.4, 0.5) is 5.82 Å². The highest BCUT2D eigenvalue weighted by atomic mass is 16.5. The van der Waals surface area contributed by atoms with Crippen LogP contribution in [-0.4, -0.2) is 47.7 Å². The lowest BCUT2D eigenvalue weighted by Gasteiger charge is -2.55. The van der Waals surface area contributed by atoms with Gasteiger partial charge in [-0.3, -0.25) is 4.90 Å². The molecule has 1 aromatic carbocycles. The number of nitrogens with zero attached hydrogens (tertiary/aromatic N) is 4. The first-order chi connectivity index (χ1) is 13.7. The van der Waals surface area contributed by atoms with E-state index in [2.05, 4.69) is 45.1 Å². The van der Waals surface area contributed by atoms with Gasteiger partial charge in [0.2, 0.25) is 0 Å². The summed E-state index contributed by atoms with van der Waals surface area (Å²) in [6.07, 6.45) is 7.20. The molecular formula is C23H30N4O. The summed E-state index contributed by atoms with van der Waals surface area (Å²) in [4.78, 5) is 14.3. The van der Waals surface area contributed by atoms with E-state index < -0.39 is 0 Å². The second kappa shape index (κ2) is 7.36. The molecule has 0 unspecified atom stereocenters. The Kier molecular flexibility index (Phi) is 4.71. The standard InChI is InChI=1S/C23H30N4O/c1-16-24-11-10-23(25-16)26-13-17-12-19(15-26)22-5-3-4-21(27(22)14-17)18-6-8-20(28-2)9-7-18/h6-11,17,19,21-22H,3-5,12-15H2,1-2H3/t17-,19+,21+,22-/m0/s1. The van der Waals surface area contributed by atoms with Crippen molar-refractivity contribution in [2.45, 2.75) is 44.7 Å². The van der Waals surface area contributed by atoms with E-state index in [0.29, 0.717) is 12.1 Å². The van der Waals surface area contributed by atoms with Crippen LogP contribution in [0, 0.1) is 18.8 Å². The highest BCUT2D eigenvalue weighted by molar-refractivity contribution is 5.39. The molecule has 5 heteroatoms. The lowest BCUT2D eigenvalue weighted by Crippen LogP contribution is -2.59. The Hall–Kier alpha value is -2.14. The third-order valence-corrected chi connectivity index (χ3v) is 6.97. The van der Waals surface area contributed by atoms with Gasteiger partial charge in [0.1, 0.15) is 17.4 Å². The zero-order chi connectivity index (χ0) is 19.1. The molecule has 28 heavy (non-hydrogen) atoms. The molecule has 2 bridgehead atoms. The smallest absolute Gasteiger partial charge is 0.132 e. The number of aryl methyl sites for hydroxylation is 1. The fraction of sp³-hybridized carbons (Fsp3) is 0.565. The topological polar surface area (TPSA) is 41.5 Å². The minimum Gasteiger partial charge on any atom is -0.497 e. The molecule has 4 heterocycles. The molecule has 3 saturated heterocycles. The van der Waals surface area contributed by atoms with Crippen LogP contribution in [0.15, 0.2) is 36.5 Å². The predicted octanol–water partition coefficient (Wildman–Crippen LogP) is 3.85. The summed E-state index contributed by atoms with van der Waals surface area (Å²) in [5.74, 6) is 4.39. The van der Waals surface area contributed by atoms with E-state index in [9.17, 15) is 0 Å². The highest BCUT2D eigenvalue weighted by Crippen LogP contribution is 2.45. The Balaban J connectivity index is 1.37. The Morgan fingerprint density at radius 3 is 2.68 bits per heavy atom. The molecule has 4 atom stereocenters. The fourth-order valence-electron chi connectivity index (χ4n) is 5.80. The normalized spacial score (nSPS) is 30.0. The molecule has 5 nitrogen and oxygen atoms in total. The van der Waals surface area contributed by atoms with E-state index in [-0.39, 0.29) is 0 Å². The molecule has 1 aromatic heterocycles. The van der Waals surface area contributed by atoms with Gasteiger partial charge in [-0.1, -0.05) is 12.1 Å². The quantitative estimate of drug-likeness (QED) is 0.812. The third kappa shape index (κ3) is 3.26. The summed E-state index contributed by atoms with van der Waals surface area (Å²) in [5.41, 5.74) is 1.45. The predicted molar refractivity (Wildman–Crippen MR) is 111 cm³/mol. The molecule has 3 aliphatic rings. The largest absolute Gasteiger partial charge is 0.497 e. The maximum absolute atomic E-state index is 5.36. The lowest BCUT2D eigenvalue weighted by atomic mass is 9.74. The number of hydrogen-bond donors (Lipinski definition) is 0. The number of hydrogen-bond acceptors (Lipinski definition) is 5. The molecule has 0 N–H and O–H groups in total. The van der Waals surface area contributed by atoms with Gasteiger partial charge < -0.3 is 9.64 Å². The maximum atomic E-state index is 5.36. The van der Waals surface area contributed by atoms with Gasteiger partial charge in [-0.25, -0.2) is 9.97 Å². The van der Waals surface area contributed by atoms with Crippen LogP contribution in [0.5, 0.6) is 5.75 Å². The van der Waals surface area contributed by atoms with Crippen LogP contribution >= 0.6 is 0 Å². The number of piperidine rings is 3. The van der Waals surface area contributed by atoms with Crippen LogP contribution in [-0.2, 0) is 0 Å². The zero-order valence-electron chi connectivity index (χ0n) is 16.9. The van der Waals surface area contributed by atoms with E-state index in [0.717, 1.165) is 42.3 Å². The summed E-state index contributed by atoms with van der Waals surface area (Å²) in [6.45, 7) is 5.43. The van der Waals surface area contributed by atoms with Crippen LogP contribution < -0.4 is 9.64 Å². The number of benzene rings is 1. The molecule has 0 spiro atoms. The molecule has 3 fully saturated rings. The molecule has 0 aliphatic carbocycles. The van der Waals surface area contributed by atoms with Crippen molar-refractivity contribution in [3.63, 3.8) is 0 Å². The van der Waals surface area contributed by atoms with Crippen LogP contribution in [0.25, 0.3) is 0 Å². The van der Waals surface area contributed by atoms with Gasteiger partial charge in [0.15, 0.2) is 0 Å². The van der Waals surface area contributed by atoms with Gasteiger partial charge in [-0.2, -0.15) is 0 Å². The van der Waals surface area contributed by atoms with Crippen LogP contribution in [0.1, 0.15) is 43.1 Å². The summed E-state index contributed by atoms with van der Waals surface area (Å²) < 4.78 is 5.36. The van der Waals surface area contributed by atoms with Gasteiger partial charge >= 0.3 is 0 Å². The van der Waals surface area contributed by atoms with E-state index in [1.165, 1.54) is 37.8 Å². The van der Waals surface area contributed by atoms with Gasteiger partial charge in [0.25, 0.3) is 0 Å². The van der Waals surface area contributed by atoms with Crippen molar-refractivity contribution in [2.24, 2.45) is 11.8 Å². The molecule has 0 radical (unpaired) electrons.